The van der Waals surface area contributed by atoms with Crippen molar-refractivity contribution in [3.63, 3.8) is 0 Å². The average molecular weight is 624 g/mol. The van der Waals surface area contributed by atoms with Crippen molar-refractivity contribution in [3.05, 3.63) is 82.9 Å². The van der Waals surface area contributed by atoms with Crippen LogP contribution in [0.4, 0.5) is 22.7 Å². The third-order valence-electron chi connectivity index (χ3n) is 6.34. The smallest absolute Gasteiger partial charge is 0.691 e. The molecule has 0 amide bonds. The number of fused-ring (bicyclic) bond motifs is 2. The van der Waals surface area contributed by atoms with Crippen molar-refractivity contribution >= 4 is 45.6 Å². The molecule has 1 aliphatic carbocycles. The maximum Gasteiger partial charge on any atom is 1.00 e. The van der Waals surface area contributed by atoms with Crippen LogP contribution in [0.5, 0.6) is 5.75 Å². The van der Waals surface area contributed by atoms with E-state index in [9.17, 15) is 10.4 Å². The summed E-state index contributed by atoms with van der Waals surface area (Å²) in [6.07, 6.45) is 4.68. The molecule has 0 heterocycles. The van der Waals surface area contributed by atoms with Crippen molar-refractivity contribution in [2.75, 3.05) is 0 Å². The Kier molecular flexibility index (Phi) is 12.2. The van der Waals surface area contributed by atoms with Crippen LogP contribution in [-0.4, -0.2) is 5.11 Å². The molecule has 8 nitrogen and oxygen atoms in total. The Morgan fingerprint density at radius 1 is 0.923 bits per heavy atom. The van der Waals surface area contributed by atoms with Gasteiger partial charge in [-0.2, -0.15) is 20.6 Å². The molecule has 0 saturated carbocycles. The fourth-order valence-electron chi connectivity index (χ4n) is 4.42. The molecule has 0 bridgehead atoms. The predicted molar refractivity (Wildman–Crippen MR) is 140 cm³/mol. The number of hydrogen-bond donors (Lipinski definition) is 1. The van der Waals surface area contributed by atoms with Crippen molar-refractivity contribution in [1.82, 2.24) is 0 Å². The van der Waals surface area contributed by atoms with Gasteiger partial charge in [0.25, 0.3) is 0 Å². The van der Waals surface area contributed by atoms with Crippen LogP contribution in [0, 0.1) is 19.9 Å². The Balaban J connectivity index is 0.00000210. The molecule has 39 heavy (non-hydrogen) atoms. The SMILES string of the molecule is Cc1ccc2c(O)c(N=Nc3[c-]cc(N=Nc4ccc5c(c4)CCCC5)c(C)c3)c(SOO[O-])cc2c1.[Na+].[Y]. The fraction of sp³-hybridized carbons (Fsp3) is 0.214. The average Bonchev–Trinajstić information content (AvgIpc) is 2.90. The summed E-state index contributed by atoms with van der Waals surface area (Å²) in [5, 5.41) is 43.4. The van der Waals surface area contributed by atoms with E-state index in [1.165, 1.54) is 24.0 Å². The minimum absolute atomic E-state index is 0. The van der Waals surface area contributed by atoms with Gasteiger partial charge in [0.1, 0.15) is 5.69 Å². The van der Waals surface area contributed by atoms with Crippen molar-refractivity contribution in [1.29, 1.82) is 0 Å². The first-order chi connectivity index (χ1) is 18.0. The topological polar surface area (TPSA) is 111 Å². The Labute approximate surface area is 278 Å². The van der Waals surface area contributed by atoms with Crippen molar-refractivity contribution in [2.45, 2.75) is 44.4 Å². The standard InChI is InChI=1S/C28H25N4O4S.Na.Y/c1-17-7-11-24-21(13-17)16-26(37-36-35-34)27(28(24)33)32-30-22-10-12-25(18(2)14-22)31-29-23-9-8-19-5-3-4-6-20(19)15-23;;/h7-9,11-16,33-34H,3-6H2,1-2H3;;/q-1;+1;/p-1. The quantitative estimate of drug-likeness (QED) is 0.0786. The largest absolute Gasteiger partial charge is 1.00 e. The van der Waals surface area contributed by atoms with Crippen molar-refractivity contribution < 1.29 is 82.0 Å². The van der Waals surface area contributed by atoms with E-state index in [1.807, 2.05) is 32.0 Å². The summed E-state index contributed by atoms with van der Waals surface area (Å²) in [6, 6.07) is 20.2. The molecule has 5 rings (SSSR count). The number of phenolic OH excluding ortho intramolecular Hbond substituents is 1. The van der Waals surface area contributed by atoms with Gasteiger partial charge in [-0.15, -0.1) is 22.8 Å². The summed E-state index contributed by atoms with van der Waals surface area (Å²) in [5.74, 6) is -0.0783. The van der Waals surface area contributed by atoms with E-state index in [0.29, 0.717) is 33.7 Å². The predicted octanol–water partition coefficient (Wildman–Crippen LogP) is 4.90. The molecule has 1 N–H and O–H groups in total. The van der Waals surface area contributed by atoms with Crippen LogP contribution < -0.4 is 34.8 Å². The second-order valence-electron chi connectivity index (χ2n) is 8.96. The zero-order valence-corrected chi connectivity index (χ0v) is 27.6. The molecule has 1 aliphatic rings. The second kappa shape index (κ2) is 14.9. The van der Waals surface area contributed by atoms with Crippen LogP contribution >= 0.6 is 12.0 Å². The molecule has 0 unspecified atom stereocenters. The van der Waals surface area contributed by atoms with Gasteiger partial charge in [0, 0.05) is 38.1 Å². The van der Waals surface area contributed by atoms with Gasteiger partial charge in [0.05, 0.1) is 22.6 Å². The second-order valence-corrected chi connectivity index (χ2v) is 9.71. The number of rotatable bonds is 7. The molecular formula is C28H24N4NaO4SY-. The molecule has 0 aliphatic heterocycles. The normalized spacial score (nSPS) is 12.9. The van der Waals surface area contributed by atoms with Gasteiger partial charge in [-0.3, -0.25) is 5.04 Å². The summed E-state index contributed by atoms with van der Waals surface area (Å²) >= 11 is 0.649. The number of azo groups is 2. The summed E-state index contributed by atoms with van der Waals surface area (Å²) in [7, 11) is 0. The van der Waals surface area contributed by atoms with Crippen LogP contribution in [0.2, 0.25) is 0 Å². The van der Waals surface area contributed by atoms with Gasteiger partial charge in [0.15, 0.2) is 5.75 Å². The van der Waals surface area contributed by atoms with E-state index in [0.717, 1.165) is 35.0 Å². The van der Waals surface area contributed by atoms with Crippen LogP contribution in [0.25, 0.3) is 10.8 Å². The molecular weight excluding hydrogens is 600 g/mol. The minimum Gasteiger partial charge on any atom is -0.691 e. The Bertz CT molecular complexity index is 1530. The summed E-state index contributed by atoms with van der Waals surface area (Å²) < 4.78 is 4.49. The first kappa shape index (κ1) is 32.0. The summed E-state index contributed by atoms with van der Waals surface area (Å²) in [5.41, 5.74) is 6.76. The Hall–Kier alpha value is -1.53. The van der Waals surface area contributed by atoms with Crippen LogP contribution in [0.3, 0.4) is 0 Å². The molecule has 4 aromatic rings. The van der Waals surface area contributed by atoms with Crippen molar-refractivity contribution in [3.8, 4) is 5.75 Å². The first-order valence-electron chi connectivity index (χ1n) is 11.9. The van der Waals surface area contributed by atoms with E-state index < -0.39 is 0 Å². The maximum atomic E-state index is 10.9. The number of aromatic hydroxyl groups is 1. The molecule has 0 atom stereocenters. The van der Waals surface area contributed by atoms with E-state index in [4.69, 9.17) is 0 Å². The molecule has 191 valence electrons. The van der Waals surface area contributed by atoms with Gasteiger partial charge in [-0.05, 0) is 78.7 Å². The zero-order chi connectivity index (χ0) is 25.8. The number of phenols is 1. The number of nitrogens with zero attached hydrogens (tertiary/aromatic N) is 4. The molecule has 1 radical (unpaired) electrons. The monoisotopic (exact) mass is 624 g/mol. The number of hydrogen-bond acceptors (Lipinski definition) is 9. The van der Waals surface area contributed by atoms with Crippen LogP contribution in [0.15, 0.2) is 79.9 Å². The van der Waals surface area contributed by atoms with E-state index in [1.54, 1.807) is 24.3 Å². The third kappa shape index (κ3) is 7.82. The Morgan fingerprint density at radius 3 is 2.49 bits per heavy atom. The third-order valence-corrected chi connectivity index (χ3v) is 6.95. The first-order valence-corrected chi connectivity index (χ1v) is 12.6. The molecule has 0 spiro atoms. The fourth-order valence-corrected chi connectivity index (χ4v) is 4.91. The van der Waals surface area contributed by atoms with Gasteiger partial charge in [-0.1, -0.05) is 36.8 Å². The molecule has 4 aromatic carbocycles. The van der Waals surface area contributed by atoms with E-state index in [2.05, 4.69) is 48.0 Å². The van der Waals surface area contributed by atoms with Crippen LogP contribution in [0.1, 0.15) is 35.1 Å². The van der Waals surface area contributed by atoms with E-state index >= 15 is 0 Å². The van der Waals surface area contributed by atoms with Gasteiger partial charge < -0.3 is 10.4 Å². The zero-order valence-electron chi connectivity index (χ0n) is 22.0. The van der Waals surface area contributed by atoms with Gasteiger partial charge >= 0.3 is 29.6 Å². The number of benzene rings is 4. The summed E-state index contributed by atoms with van der Waals surface area (Å²) in [4.78, 5) is 0.377. The Morgan fingerprint density at radius 2 is 1.72 bits per heavy atom. The molecule has 0 saturated heterocycles. The number of aryl methyl sites for hydroxylation is 4. The molecule has 11 heteroatoms. The van der Waals surface area contributed by atoms with E-state index in [-0.39, 0.29) is 73.7 Å². The van der Waals surface area contributed by atoms with Crippen molar-refractivity contribution in [2.24, 2.45) is 20.5 Å². The molecule has 0 aromatic heterocycles. The molecule has 0 fully saturated rings. The maximum absolute atomic E-state index is 10.9. The summed E-state index contributed by atoms with van der Waals surface area (Å²) in [6.45, 7) is 3.85. The minimum atomic E-state index is -0.0783. The van der Waals surface area contributed by atoms with Gasteiger partial charge in [0.2, 0.25) is 0 Å². The van der Waals surface area contributed by atoms with Crippen LogP contribution in [-0.2, 0) is 54.9 Å². The van der Waals surface area contributed by atoms with Gasteiger partial charge in [-0.25, -0.2) is 5.11 Å².